The molecule has 1 atom stereocenters. The number of nitrogens with one attached hydrogen (secondary N) is 1. The molecular formula is C12H15ClFNO3S. The molecule has 0 fully saturated rings. The van der Waals surface area contributed by atoms with Gasteiger partial charge in [-0.25, -0.2) is 12.8 Å². The van der Waals surface area contributed by atoms with E-state index in [4.69, 9.17) is 10.7 Å². The van der Waals surface area contributed by atoms with E-state index in [1.54, 1.807) is 0 Å². The standard InChI is InChI=1S/C12H15ClFNO3S/c1-3-8(2)7-15-12(16)9-4-5-10(14)11(6-9)19(13,17)18/h4-6,8H,3,7H2,1-2H3,(H,15,16). The number of hydrogen-bond acceptors (Lipinski definition) is 3. The highest BCUT2D eigenvalue weighted by Crippen LogP contribution is 2.20. The largest absolute Gasteiger partial charge is 0.352 e. The van der Waals surface area contributed by atoms with Gasteiger partial charge in [0, 0.05) is 22.8 Å². The normalized spacial score (nSPS) is 13.1. The Morgan fingerprint density at radius 3 is 2.63 bits per heavy atom. The molecule has 0 aromatic heterocycles. The monoisotopic (exact) mass is 307 g/mol. The molecule has 0 saturated heterocycles. The quantitative estimate of drug-likeness (QED) is 0.850. The number of amides is 1. The predicted octanol–water partition coefficient (Wildman–Crippen LogP) is 2.53. The van der Waals surface area contributed by atoms with Gasteiger partial charge in [-0.05, 0) is 24.1 Å². The lowest BCUT2D eigenvalue weighted by Gasteiger charge is -2.10. The molecule has 19 heavy (non-hydrogen) atoms. The Morgan fingerprint density at radius 2 is 2.11 bits per heavy atom. The van der Waals surface area contributed by atoms with E-state index in [2.05, 4.69) is 5.32 Å². The summed E-state index contributed by atoms with van der Waals surface area (Å²) in [5, 5.41) is 2.65. The summed E-state index contributed by atoms with van der Waals surface area (Å²) in [5.74, 6) is -1.13. The molecular weight excluding hydrogens is 293 g/mol. The van der Waals surface area contributed by atoms with Gasteiger partial charge in [0.25, 0.3) is 15.0 Å². The molecule has 0 aliphatic heterocycles. The van der Waals surface area contributed by atoms with E-state index in [1.165, 1.54) is 6.07 Å². The third-order valence-corrected chi connectivity index (χ3v) is 4.10. The van der Waals surface area contributed by atoms with E-state index in [0.717, 1.165) is 18.6 Å². The molecule has 0 aliphatic carbocycles. The Hall–Kier alpha value is -1.14. The summed E-state index contributed by atoms with van der Waals surface area (Å²) < 4.78 is 35.6. The van der Waals surface area contributed by atoms with E-state index >= 15 is 0 Å². The van der Waals surface area contributed by atoms with Crippen molar-refractivity contribution in [3.63, 3.8) is 0 Å². The van der Waals surface area contributed by atoms with Crippen molar-refractivity contribution in [2.45, 2.75) is 25.2 Å². The van der Waals surface area contributed by atoms with Crippen LogP contribution in [-0.4, -0.2) is 20.9 Å². The number of carbonyl (C=O) groups excluding carboxylic acids is 1. The van der Waals surface area contributed by atoms with Gasteiger partial charge in [0.05, 0.1) is 0 Å². The van der Waals surface area contributed by atoms with Gasteiger partial charge in [-0.15, -0.1) is 0 Å². The van der Waals surface area contributed by atoms with Crippen LogP contribution >= 0.6 is 10.7 Å². The molecule has 0 spiro atoms. The summed E-state index contributed by atoms with van der Waals surface area (Å²) in [6.45, 7) is 4.43. The van der Waals surface area contributed by atoms with Crippen molar-refractivity contribution >= 4 is 25.6 Å². The molecule has 7 heteroatoms. The number of benzene rings is 1. The van der Waals surface area contributed by atoms with Gasteiger partial charge in [0.2, 0.25) is 0 Å². The summed E-state index contributed by atoms with van der Waals surface area (Å²) in [6.07, 6.45) is 0.908. The average Bonchev–Trinajstić information content (AvgIpc) is 2.34. The molecule has 1 aromatic carbocycles. The van der Waals surface area contributed by atoms with Crippen molar-refractivity contribution in [1.82, 2.24) is 5.32 Å². The van der Waals surface area contributed by atoms with Crippen LogP contribution in [0.25, 0.3) is 0 Å². The van der Waals surface area contributed by atoms with E-state index in [1.807, 2.05) is 13.8 Å². The maximum absolute atomic E-state index is 13.3. The summed E-state index contributed by atoms with van der Waals surface area (Å²) in [5.41, 5.74) is 0.0592. The van der Waals surface area contributed by atoms with E-state index in [0.29, 0.717) is 12.5 Å². The zero-order valence-corrected chi connectivity index (χ0v) is 12.2. The lowest BCUT2D eigenvalue weighted by molar-refractivity contribution is 0.0947. The number of halogens is 2. The van der Waals surface area contributed by atoms with Gasteiger partial charge in [0.15, 0.2) is 0 Å². The van der Waals surface area contributed by atoms with Crippen LogP contribution in [0.2, 0.25) is 0 Å². The highest BCUT2D eigenvalue weighted by atomic mass is 35.7. The summed E-state index contributed by atoms with van der Waals surface area (Å²) in [7, 11) is 0.883. The predicted molar refractivity (Wildman–Crippen MR) is 71.2 cm³/mol. The van der Waals surface area contributed by atoms with E-state index in [-0.39, 0.29) is 5.56 Å². The smallest absolute Gasteiger partial charge is 0.264 e. The van der Waals surface area contributed by atoms with Gasteiger partial charge in [-0.3, -0.25) is 4.79 Å². The second kappa shape index (κ2) is 6.34. The zero-order valence-electron chi connectivity index (χ0n) is 10.6. The van der Waals surface area contributed by atoms with Crippen LogP contribution in [0.3, 0.4) is 0 Å². The number of rotatable bonds is 5. The van der Waals surface area contributed by atoms with Gasteiger partial charge >= 0.3 is 0 Å². The zero-order chi connectivity index (χ0) is 14.6. The van der Waals surface area contributed by atoms with Crippen LogP contribution in [0, 0.1) is 11.7 Å². The third kappa shape index (κ3) is 4.47. The van der Waals surface area contributed by atoms with Crippen molar-refractivity contribution < 1.29 is 17.6 Å². The minimum absolute atomic E-state index is 0.0592. The molecule has 0 bridgehead atoms. The molecule has 1 amide bonds. The van der Waals surface area contributed by atoms with Crippen LogP contribution in [0.4, 0.5) is 4.39 Å². The van der Waals surface area contributed by atoms with Crippen LogP contribution in [0.15, 0.2) is 23.1 Å². The molecule has 0 heterocycles. The molecule has 1 unspecified atom stereocenters. The Bertz CT molecular complexity index is 574. The summed E-state index contributed by atoms with van der Waals surface area (Å²) in [4.78, 5) is 11.1. The van der Waals surface area contributed by atoms with Crippen molar-refractivity contribution in [1.29, 1.82) is 0 Å². The average molecular weight is 308 g/mol. The van der Waals surface area contributed by atoms with Gasteiger partial charge in [-0.2, -0.15) is 0 Å². The molecule has 106 valence electrons. The SMILES string of the molecule is CCC(C)CNC(=O)c1ccc(F)c(S(=O)(=O)Cl)c1. The van der Waals surface area contributed by atoms with Crippen LogP contribution in [-0.2, 0) is 9.05 Å². The lowest BCUT2D eigenvalue weighted by Crippen LogP contribution is -2.28. The molecule has 1 rings (SSSR count). The Kier molecular flexibility index (Phi) is 5.31. The fourth-order valence-corrected chi connectivity index (χ4v) is 2.27. The van der Waals surface area contributed by atoms with Crippen molar-refractivity contribution in [3.05, 3.63) is 29.6 Å². The van der Waals surface area contributed by atoms with Gasteiger partial charge in [-0.1, -0.05) is 20.3 Å². The molecule has 4 nitrogen and oxygen atoms in total. The first kappa shape index (κ1) is 15.9. The second-order valence-corrected chi connectivity index (χ2v) is 6.84. The maximum atomic E-state index is 13.3. The molecule has 1 aromatic rings. The number of hydrogen-bond donors (Lipinski definition) is 1. The Balaban J connectivity index is 2.94. The van der Waals surface area contributed by atoms with E-state index in [9.17, 15) is 17.6 Å². The first-order valence-corrected chi connectivity index (χ1v) is 8.09. The third-order valence-electron chi connectivity index (χ3n) is 2.76. The van der Waals surface area contributed by atoms with Gasteiger partial charge < -0.3 is 5.32 Å². The minimum atomic E-state index is -4.21. The fourth-order valence-electron chi connectivity index (χ4n) is 1.34. The Morgan fingerprint density at radius 1 is 1.47 bits per heavy atom. The topological polar surface area (TPSA) is 63.2 Å². The first-order chi connectivity index (χ1) is 8.75. The first-order valence-electron chi connectivity index (χ1n) is 5.78. The fraction of sp³-hybridized carbons (Fsp3) is 0.417. The number of carbonyl (C=O) groups is 1. The van der Waals surface area contributed by atoms with Crippen molar-refractivity contribution in [2.75, 3.05) is 6.54 Å². The maximum Gasteiger partial charge on any atom is 0.264 e. The minimum Gasteiger partial charge on any atom is -0.352 e. The van der Waals surface area contributed by atoms with Gasteiger partial charge in [0.1, 0.15) is 10.7 Å². The molecule has 0 saturated carbocycles. The molecule has 1 N–H and O–H groups in total. The summed E-state index contributed by atoms with van der Waals surface area (Å²) in [6, 6.07) is 3.06. The highest BCUT2D eigenvalue weighted by molar-refractivity contribution is 8.13. The van der Waals surface area contributed by atoms with Crippen molar-refractivity contribution in [2.24, 2.45) is 5.92 Å². The van der Waals surface area contributed by atoms with Crippen molar-refractivity contribution in [3.8, 4) is 0 Å². The van der Waals surface area contributed by atoms with Crippen LogP contribution in [0.1, 0.15) is 30.6 Å². The molecule has 0 aliphatic rings. The van der Waals surface area contributed by atoms with Crippen LogP contribution in [0.5, 0.6) is 0 Å². The van der Waals surface area contributed by atoms with Crippen LogP contribution < -0.4 is 5.32 Å². The molecule has 0 radical (unpaired) electrons. The van der Waals surface area contributed by atoms with E-state index < -0.39 is 25.7 Å². The second-order valence-electron chi connectivity index (χ2n) is 4.31. The summed E-state index contributed by atoms with van der Waals surface area (Å²) >= 11 is 0. The Labute approximate surface area is 116 Å². The highest BCUT2D eigenvalue weighted by Gasteiger charge is 2.18. The lowest BCUT2D eigenvalue weighted by atomic mass is 10.1.